The summed E-state index contributed by atoms with van der Waals surface area (Å²) in [7, 11) is -7.81. The molecule has 7 nitrogen and oxygen atoms in total. The predicted octanol–water partition coefficient (Wildman–Crippen LogP) is 4.01. The van der Waals surface area contributed by atoms with Crippen LogP contribution in [0.3, 0.4) is 0 Å². The number of hydrogen-bond donors (Lipinski definition) is 0. The van der Waals surface area contributed by atoms with E-state index >= 15 is 0 Å². The Kier molecular flexibility index (Phi) is 7.88. The molecular formula is C23H30ClN3O4S2. The van der Waals surface area contributed by atoms with Gasteiger partial charge in [-0.3, -0.25) is 0 Å². The average molecular weight is 512 g/mol. The first-order valence-corrected chi connectivity index (χ1v) is 14.2. The second-order valence-electron chi connectivity index (χ2n) is 8.56. The number of alkyl halides is 1. The molecule has 2 aromatic rings. The SMILES string of the molecule is Cc1ccc(S(=O)(=O)N=C(CCl)N2CCCN(S(=O)(=O)c3ccc(C)cc3)[C@H]2C(C)C)cc1. The summed E-state index contributed by atoms with van der Waals surface area (Å²) in [5.41, 5.74) is 1.90. The van der Waals surface area contributed by atoms with E-state index in [-0.39, 0.29) is 27.4 Å². The quantitative estimate of drug-likeness (QED) is 0.332. The Morgan fingerprint density at radius 3 is 1.94 bits per heavy atom. The van der Waals surface area contributed by atoms with Gasteiger partial charge < -0.3 is 4.90 Å². The summed E-state index contributed by atoms with van der Waals surface area (Å²) in [6.07, 6.45) is -0.0924. The lowest BCUT2D eigenvalue weighted by molar-refractivity contribution is 0.0841. The highest BCUT2D eigenvalue weighted by Gasteiger charge is 2.41. The molecule has 1 saturated heterocycles. The van der Waals surface area contributed by atoms with Gasteiger partial charge in [0, 0.05) is 13.1 Å². The maximum atomic E-state index is 13.5. The lowest BCUT2D eigenvalue weighted by Crippen LogP contribution is -2.60. The third-order valence-electron chi connectivity index (χ3n) is 5.61. The third-order valence-corrected chi connectivity index (χ3v) is 9.05. The molecule has 1 fully saturated rings. The molecule has 0 amide bonds. The van der Waals surface area contributed by atoms with Crippen molar-refractivity contribution in [3.05, 3.63) is 59.7 Å². The molecule has 0 bridgehead atoms. The number of halogens is 1. The normalized spacial score (nSPS) is 18.7. The van der Waals surface area contributed by atoms with Crippen molar-refractivity contribution in [1.82, 2.24) is 9.21 Å². The topological polar surface area (TPSA) is 87.1 Å². The molecular weight excluding hydrogens is 482 g/mol. The van der Waals surface area contributed by atoms with Gasteiger partial charge in [0.15, 0.2) is 0 Å². The van der Waals surface area contributed by atoms with E-state index in [9.17, 15) is 16.8 Å². The van der Waals surface area contributed by atoms with Gasteiger partial charge in [0.25, 0.3) is 10.0 Å². The zero-order valence-corrected chi connectivity index (χ0v) is 21.7. The van der Waals surface area contributed by atoms with Crippen molar-refractivity contribution in [3.63, 3.8) is 0 Å². The number of sulfonamides is 2. The minimum Gasteiger partial charge on any atom is -0.341 e. The van der Waals surface area contributed by atoms with Crippen LogP contribution in [-0.4, -0.2) is 57.0 Å². The number of amidine groups is 1. The van der Waals surface area contributed by atoms with Gasteiger partial charge in [-0.15, -0.1) is 16.0 Å². The van der Waals surface area contributed by atoms with E-state index in [2.05, 4.69) is 4.40 Å². The number of nitrogens with zero attached hydrogens (tertiary/aromatic N) is 3. The highest BCUT2D eigenvalue weighted by Crippen LogP contribution is 2.29. The van der Waals surface area contributed by atoms with Crippen molar-refractivity contribution in [2.45, 2.75) is 50.1 Å². The Morgan fingerprint density at radius 2 is 1.45 bits per heavy atom. The molecule has 0 unspecified atom stereocenters. The van der Waals surface area contributed by atoms with Crippen molar-refractivity contribution in [1.29, 1.82) is 0 Å². The molecule has 1 aliphatic rings. The van der Waals surface area contributed by atoms with Crippen LogP contribution in [0.15, 0.2) is 62.7 Å². The summed E-state index contributed by atoms with van der Waals surface area (Å²) in [6.45, 7) is 8.36. The van der Waals surface area contributed by atoms with Crippen LogP contribution in [0.25, 0.3) is 0 Å². The second kappa shape index (κ2) is 10.1. The summed E-state index contributed by atoms with van der Waals surface area (Å²) in [5, 5.41) is 0. The summed E-state index contributed by atoms with van der Waals surface area (Å²) in [4.78, 5) is 1.99. The molecule has 0 spiro atoms. The number of rotatable bonds is 6. The van der Waals surface area contributed by atoms with Crippen LogP contribution in [0.5, 0.6) is 0 Å². The lowest BCUT2D eigenvalue weighted by Gasteiger charge is -2.46. The molecule has 10 heteroatoms. The van der Waals surface area contributed by atoms with E-state index in [4.69, 9.17) is 11.6 Å². The lowest BCUT2D eigenvalue weighted by atomic mass is 10.1. The van der Waals surface area contributed by atoms with E-state index in [1.807, 2.05) is 27.7 Å². The van der Waals surface area contributed by atoms with E-state index in [1.54, 1.807) is 41.3 Å². The average Bonchev–Trinajstić information content (AvgIpc) is 2.77. The maximum absolute atomic E-state index is 13.5. The minimum absolute atomic E-state index is 0.0676. The van der Waals surface area contributed by atoms with Crippen LogP contribution in [0, 0.1) is 19.8 Å². The van der Waals surface area contributed by atoms with Crippen LogP contribution in [-0.2, 0) is 20.0 Å². The molecule has 0 saturated carbocycles. The fourth-order valence-electron chi connectivity index (χ4n) is 3.95. The highest BCUT2D eigenvalue weighted by atomic mass is 35.5. The molecule has 2 aromatic carbocycles. The van der Waals surface area contributed by atoms with Gasteiger partial charge in [-0.25, -0.2) is 8.42 Å². The van der Waals surface area contributed by atoms with E-state index < -0.39 is 26.2 Å². The van der Waals surface area contributed by atoms with Crippen molar-refractivity contribution in [2.75, 3.05) is 19.0 Å². The van der Waals surface area contributed by atoms with Gasteiger partial charge >= 0.3 is 0 Å². The van der Waals surface area contributed by atoms with Gasteiger partial charge in [0.05, 0.1) is 21.8 Å². The molecule has 0 radical (unpaired) electrons. The van der Waals surface area contributed by atoms with Crippen molar-refractivity contribution in [3.8, 4) is 0 Å². The fourth-order valence-corrected chi connectivity index (χ4v) is 7.03. The Morgan fingerprint density at radius 1 is 0.939 bits per heavy atom. The largest absolute Gasteiger partial charge is 0.341 e. The molecule has 180 valence electrons. The highest BCUT2D eigenvalue weighted by molar-refractivity contribution is 7.90. The standard InChI is InChI=1S/C23H30ClN3O4S2/c1-17(2)23-26(22(16-24)25-32(28,29)20-10-6-18(3)7-11-20)14-5-15-27(23)33(30,31)21-12-8-19(4)9-13-21/h6-13,17,23H,5,14-16H2,1-4H3/t23-/m0/s1. The number of benzene rings is 2. The van der Waals surface area contributed by atoms with Crippen LogP contribution in [0.4, 0.5) is 0 Å². The first kappa shape index (κ1) is 25.7. The van der Waals surface area contributed by atoms with E-state index in [0.717, 1.165) is 11.1 Å². The summed E-state index contributed by atoms with van der Waals surface area (Å²) in [6, 6.07) is 13.1. The molecule has 0 aromatic heterocycles. The molecule has 0 aliphatic carbocycles. The first-order chi connectivity index (χ1) is 15.5. The summed E-state index contributed by atoms with van der Waals surface area (Å²) < 4.78 is 58.4. The third kappa shape index (κ3) is 5.59. The first-order valence-electron chi connectivity index (χ1n) is 10.8. The van der Waals surface area contributed by atoms with Gasteiger partial charge in [0.1, 0.15) is 5.84 Å². The van der Waals surface area contributed by atoms with Crippen LogP contribution in [0.2, 0.25) is 0 Å². The monoisotopic (exact) mass is 511 g/mol. The van der Waals surface area contributed by atoms with Crippen molar-refractivity contribution >= 4 is 37.5 Å². The van der Waals surface area contributed by atoms with Gasteiger partial charge in [-0.1, -0.05) is 49.2 Å². The Bertz CT molecular complexity index is 1210. The summed E-state index contributed by atoms with van der Waals surface area (Å²) >= 11 is 6.18. The van der Waals surface area contributed by atoms with Crippen molar-refractivity contribution < 1.29 is 16.8 Å². The molecule has 1 atom stereocenters. The van der Waals surface area contributed by atoms with Crippen LogP contribution >= 0.6 is 11.6 Å². The van der Waals surface area contributed by atoms with E-state index in [0.29, 0.717) is 19.5 Å². The molecule has 1 heterocycles. The molecule has 3 rings (SSSR count). The van der Waals surface area contributed by atoms with Gasteiger partial charge in [-0.2, -0.15) is 12.7 Å². The number of aryl methyl sites for hydroxylation is 2. The second-order valence-corrected chi connectivity index (χ2v) is 12.3. The summed E-state index contributed by atoms with van der Waals surface area (Å²) in [5.74, 6) is -0.159. The Hall–Kier alpha value is -1.94. The zero-order valence-electron chi connectivity index (χ0n) is 19.3. The Balaban J connectivity index is 2.02. The minimum atomic E-state index is -4.00. The van der Waals surface area contributed by atoms with Crippen LogP contribution < -0.4 is 0 Å². The van der Waals surface area contributed by atoms with E-state index in [1.165, 1.54) is 16.4 Å². The maximum Gasteiger partial charge on any atom is 0.283 e. The Labute approximate surface area is 202 Å². The number of hydrogen-bond acceptors (Lipinski definition) is 4. The smallest absolute Gasteiger partial charge is 0.283 e. The molecule has 0 N–H and O–H groups in total. The van der Waals surface area contributed by atoms with Crippen molar-refractivity contribution in [2.24, 2.45) is 10.3 Å². The van der Waals surface area contributed by atoms with Gasteiger partial charge in [0.2, 0.25) is 10.0 Å². The van der Waals surface area contributed by atoms with Gasteiger partial charge in [-0.05, 0) is 50.5 Å². The fraction of sp³-hybridized carbons (Fsp3) is 0.435. The molecule has 1 aliphatic heterocycles. The van der Waals surface area contributed by atoms with Crippen LogP contribution in [0.1, 0.15) is 31.4 Å². The molecule has 33 heavy (non-hydrogen) atoms. The predicted molar refractivity (Wildman–Crippen MR) is 132 cm³/mol. The zero-order chi connectivity index (χ0) is 24.4.